The summed E-state index contributed by atoms with van der Waals surface area (Å²) in [5.41, 5.74) is 1.38. The predicted molar refractivity (Wildman–Crippen MR) is 195 cm³/mol. The number of unbranched alkanes of at least 4 members (excludes halogenated alkanes) is 12. The maximum Gasteiger partial charge on any atom is 0.104 e. The molecule has 0 heterocycles. The van der Waals surface area contributed by atoms with Crippen LogP contribution in [0.5, 0.6) is 0 Å². The number of benzene rings is 1. The van der Waals surface area contributed by atoms with Crippen molar-refractivity contribution in [2.45, 2.75) is 136 Å². The van der Waals surface area contributed by atoms with Crippen LogP contribution >= 0.6 is 0 Å². The third kappa shape index (κ3) is 44.3. The molecule has 1 unspecified atom stereocenters. The third-order valence-corrected chi connectivity index (χ3v) is 7.77. The molecular weight excluding hydrogens is 608 g/mol. The Morgan fingerprint density at radius 2 is 1.32 bits per heavy atom. The highest BCUT2D eigenvalue weighted by Crippen LogP contribution is 2.15. The number of aliphatic hydroxyl groups excluding tert-OH is 1. The molecule has 0 radical (unpaired) electrons. The monoisotopic (exact) mass is 683 g/mol. The van der Waals surface area contributed by atoms with Crippen LogP contribution < -0.4 is 22.8 Å². The average molecular weight is 684 g/mol. The molecule has 0 amide bonds. The van der Waals surface area contributed by atoms with E-state index < -0.39 is 5.97 Å². The van der Waals surface area contributed by atoms with Crippen LogP contribution in [-0.2, 0) is 16.1 Å². The van der Waals surface area contributed by atoms with Gasteiger partial charge in [-0.1, -0.05) is 147 Å². The maximum absolute atomic E-state index is 10.0. The summed E-state index contributed by atoms with van der Waals surface area (Å²) in [7, 11) is 4.43. The Morgan fingerprint density at radius 1 is 0.851 bits per heavy atom. The van der Waals surface area contributed by atoms with Crippen molar-refractivity contribution in [1.82, 2.24) is 0 Å². The molecule has 0 spiro atoms. The summed E-state index contributed by atoms with van der Waals surface area (Å²) < 4.78 is 6.32. The van der Waals surface area contributed by atoms with Crippen LogP contribution in [-0.4, -0.2) is 68.6 Å². The molecule has 47 heavy (non-hydrogen) atoms. The molecule has 7 heteroatoms. The first-order chi connectivity index (χ1) is 22.0. The Kier molecular flexibility index (Phi) is 39.2. The van der Waals surface area contributed by atoms with Gasteiger partial charge in [0.25, 0.3) is 0 Å². The van der Waals surface area contributed by atoms with E-state index in [0.717, 1.165) is 63.0 Å². The normalized spacial score (nSPS) is 11.4. The van der Waals surface area contributed by atoms with E-state index in [2.05, 4.69) is 76.7 Å². The lowest BCUT2D eigenvalue weighted by Gasteiger charge is -2.28. The summed E-state index contributed by atoms with van der Waals surface area (Å²) in [6, 6.07) is 10.6. The molecule has 0 aliphatic carbocycles. The van der Waals surface area contributed by atoms with Gasteiger partial charge in [0.2, 0.25) is 0 Å². The number of ether oxygens (including phenoxy) is 1. The minimum Gasteiger partial charge on any atom is -1.00 e. The Bertz CT molecular complexity index is 801. The minimum atomic E-state index is -1.08. The Balaban J connectivity index is -0.000000883. The molecule has 1 aromatic rings. The van der Waals surface area contributed by atoms with Crippen molar-refractivity contribution < 1.29 is 42.0 Å². The zero-order chi connectivity index (χ0) is 34.7. The van der Waals surface area contributed by atoms with E-state index in [1.165, 1.54) is 95.5 Å². The molecule has 0 aromatic heterocycles. The number of likely N-dealkylation sites (N-methyl/N-ethyl adjacent to an activating group) is 1. The average Bonchev–Trinajstić information content (AvgIpc) is 2.99. The van der Waals surface area contributed by atoms with Crippen LogP contribution in [0.15, 0.2) is 55.6 Å². The largest absolute Gasteiger partial charge is 1.00 e. The van der Waals surface area contributed by atoms with Gasteiger partial charge in [0.05, 0.1) is 40.4 Å². The lowest BCUT2D eigenvalue weighted by molar-refractivity contribution is -0.897. The van der Waals surface area contributed by atoms with Crippen LogP contribution in [0.2, 0.25) is 0 Å². The standard InChI is InChI=1S/C26H53NO2.C12H18N.C2H4O2.ClH/c1-4-22-29-23-18-21-27-24-26(28)20-17-15-13-11-9-7-5-6-8-10-12-14-16-19-25(2)3;1-4-10-13(2,3)11-12-8-6-5-7-9-12;1-2(3)4;/h4,25-28H,1,5-24H2,2-3H3;4-9H,1,10-11H2,2-3H3;1H3,(H,3,4);1H/q;+1;;/p-1. The molecule has 1 aromatic carbocycles. The van der Waals surface area contributed by atoms with Gasteiger partial charge in [-0.3, -0.25) is 0 Å². The van der Waals surface area contributed by atoms with E-state index in [-0.39, 0.29) is 18.5 Å². The fourth-order valence-corrected chi connectivity index (χ4v) is 5.29. The van der Waals surface area contributed by atoms with E-state index in [1.807, 2.05) is 6.08 Å². The van der Waals surface area contributed by atoms with Gasteiger partial charge in [0.1, 0.15) is 19.2 Å². The lowest BCUT2D eigenvalue weighted by atomic mass is 10.0. The zero-order valence-corrected chi connectivity index (χ0v) is 32.0. The molecule has 1 rings (SSSR count). The second-order valence-corrected chi connectivity index (χ2v) is 13.8. The van der Waals surface area contributed by atoms with Crippen molar-refractivity contribution in [2.24, 2.45) is 5.92 Å². The van der Waals surface area contributed by atoms with E-state index in [0.29, 0.717) is 6.61 Å². The van der Waals surface area contributed by atoms with Crippen LogP contribution in [0.3, 0.4) is 0 Å². The highest BCUT2D eigenvalue weighted by Gasteiger charge is 2.12. The molecule has 1 atom stereocenters. The molecular formula is C40H75ClN2O4. The number of carboxylic acids is 1. The fraction of sp³-hybridized carbons (Fsp3) is 0.725. The van der Waals surface area contributed by atoms with Gasteiger partial charge in [-0.05, 0) is 25.3 Å². The number of nitrogens with zero attached hydrogens (tertiary/aromatic N) is 1. The summed E-state index contributed by atoms with van der Waals surface area (Å²) in [5, 5.41) is 21.1. The first kappa shape index (κ1) is 49.7. The first-order valence-electron chi connectivity index (χ1n) is 18.4. The molecule has 0 aliphatic heterocycles. The topological polar surface area (TPSA) is 86.2 Å². The predicted octanol–water partition coefficient (Wildman–Crippen LogP) is 4.22. The van der Waals surface area contributed by atoms with Crippen LogP contribution in [0.4, 0.5) is 0 Å². The van der Waals surface area contributed by atoms with Gasteiger partial charge >= 0.3 is 0 Å². The van der Waals surface area contributed by atoms with Crippen molar-refractivity contribution in [3.8, 4) is 0 Å². The molecule has 0 saturated heterocycles. The number of carbonyl (C=O) groups is 1. The van der Waals surface area contributed by atoms with Crippen molar-refractivity contribution in [3.05, 3.63) is 61.2 Å². The lowest BCUT2D eigenvalue weighted by Crippen LogP contribution is -3.00. The van der Waals surface area contributed by atoms with Gasteiger partial charge in [-0.15, -0.1) is 6.58 Å². The third-order valence-electron chi connectivity index (χ3n) is 7.77. The first-order valence-corrected chi connectivity index (χ1v) is 18.4. The SMILES string of the molecule is C=CCOCCC[NH2+]CC(O)CCCCCCCCCCCCCCCC(C)C.C=CC[N+](C)(C)Cc1ccccc1.CC(=O)[O-].[Cl-]. The Morgan fingerprint density at radius 3 is 1.77 bits per heavy atom. The van der Waals surface area contributed by atoms with E-state index >= 15 is 0 Å². The van der Waals surface area contributed by atoms with Crippen LogP contribution in [0, 0.1) is 5.92 Å². The van der Waals surface area contributed by atoms with E-state index in [9.17, 15) is 5.11 Å². The summed E-state index contributed by atoms with van der Waals surface area (Å²) in [6.45, 7) is 18.4. The second-order valence-electron chi connectivity index (χ2n) is 13.8. The van der Waals surface area contributed by atoms with Crippen molar-refractivity contribution >= 4 is 5.97 Å². The highest BCUT2D eigenvalue weighted by molar-refractivity contribution is 5.60. The number of carboxylic acid groups (broad SMARTS) is 1. The minimum absolute atomic E-state index is 0. The van der Waals surface area contributed by atoms with Crippen molar-refractivity contribution in [1.29, 1.82) is 0 Å². The summed E-state index contributed by atoms with van der Waals surface area (Å²) in [6.07, 6.45) is 25.1. The second kappa shape index (κ2) is 37.1. The van der Waals surface area contributed by atoms with Crippen LogP contribution in [0.25, 0.3) is 0 Å². The number of halogens is 1. The summed E-state index contributed by atoms with van der Waals surface area (Å²) >= 11 is 0. The number of hydrogen-bond acceptors (Lipinski definition) is 4. The smallest absolute Gasteiger partial charge is 0.104 e. The van der Waals surface area contributed by atoms with Gasteiger partial charge in [0.15, 0.2) is 0 Å². The molecule has 0 bridgehead atoms. The summed E-state index contributed by atoms with van der Waals surface area (Å²) in [4.78, 5) is 8.89. The molecule has 0 fully saturated rings. The van der Waals surface area contributed by atoms with Gasteiger partial charge < -0.3 is 42.0 Å². The van der Waals surface area contributed by atoms with Crippen molar-refractivity contribution in [2.75, 3.05) is 46.9 Å². The number of hydrogen-bond donors (Lipinski definition) is 2. The molecule has 0 aliphatic rings. The molecule has 6 nitrogen and oxygen atoms in total. The number of aliphatic carboxylic acids is 1. The van der Waals surface area contributed by atoms with Crippen molar-refractivity contribution in [3.63, 3.8) is 0 Å². The maximum atomic E-state index is 10.0. The van der Waals surface area contributed by atoms with Gasteiger partial charge in [0, 0.05) is 18.0 Å². The number of rotatable bonds is 28. The summed E-state index contributed by atoms with van der Waals surface area (Å²) in [5.74, 6) is -0.207. The van der Waals surface area contributed by atoms with E-state index in [4.69, 9.17) is 14.6 Å². The van der Waals surface area contributed by atoms with E-state index in [1.54, 1.807) is 6.08 Å². The number of carbonyl (C=O) groups excluding carboxylic acids is 1. The number of aliphatic hydroxyl groups is 1. The van der Waals surface area contributed by atoms with Crippen LogP contribution in [0.1, 0.15) is 129 Å². The number of nitrogens with two attached hydrogens (primary N) is 1. The highest BCUT2D eigenvalue weighted by atomic mass is 35.5. The van der Waals surface area contributed by atoms with Gasteiger partial charge in [-0.2, -0.15) is 0 Å². The molecule has 0 saturated carbocycles. The Hall–Kier alpha value is -1.70. The zero-order valence-electron chi connectivity index (χ0n) is 31.2. The van der Waals surface area contributed by atoms with Gasteiger partial charge in [-0.25, -0.2) is 0 Å². The molecule has 3 N–H and O–H groups in total. The Labute approximate surface area is 297 Å². The molecule has 276 valence electrons. The number of quaternary nitrogens is 2. The quantitative estimate of drug-likeness (QED) is 0.0788. The fourth-order valence-electron chi connectivity index (χ4n) is 5.29.